The van der Waals surface area contributed by atoms with E-state index in [0.29, 0.717) is 0 Å². The minimum absolute atomic E-state index is 0.0701. The third-order valence-electron chi connectivity index (χ3n) is 2.95. The van der Waals surface area contributed by atoms with Crippen LogP contribution < -0.4 is 5.73 Å². The second-order valence-corrected chi connectivity index (χ2v) is 4.13. The van der Waals surface area contributed by atoms with Crippen molar-refractivity contribution in [1.82, 2.24) is 19.6 Å². The Kier molecular flexibility index (Phi) is 2.87. The van der Waals surface area contributed by atoms with E-state index in [1.165, 1.54) is 0 Å². The van der Waals surface area contributed by atoms with Gasteiger partial charge >= 0.3 is 0 Å². The van der Waals surface area contributed by atoms with Crippen LogP contribution >= 0.6 is 0 Å². The quantitative estimate of drug-likeness (QED) is 0.844. The van der Waals surface area contributed by atoms with Crippen LogP contribution in [0.4, 0.5) is 0 Å². The predicted molar refractivity (Wildman–Crippen MR) is 62.2 cm³/mol. The highest BCUT2D eigenvalue weighted by Gasteiger charge is 2.20. The SMILES string of the molecule is CCC(c1nccn2c(C)nnc12)C(C)N. The third-order valence-corrected chi connectivity index (χ3v) is 2.95. The first-order valence-electron chi connectivity index (χ1n) is 5.57. The molecule has 5 heteroatoms. The molecule has 0 radical (unpaired) electrons. The highest BCUT2D eigenvalue weighted by molar-refractivity contribution is 5.45. The number of aryl methyl sites for hydroxylation is 1. The molecule has 5 nitrogen and oxygen atoms in total. The monoisotopic (exact) mass is 219 g/mol. The molecule has 0 aliphatic carbocycles. The number of fused-ring (bicyclic) bond motifs is 1. The van der Waals surface area contributed by atoms with Crippen molar-refractivity contribution in [2.24, 2.45) is 5.73 Å². The molecule has 86 valence electrons. The summed E-state index contributed by atoms with van der Waals surface area (Å²) in [6.45, 7) is 6.04. The van der Waals surface area contributed by atoms with Gasteiger partial charge < -0.3 is 5.73 Å². The molecule has 2 aromatic heterocycles. The molecule has 0 saturated carbocycles. The largest absolute Gasteiger partial charge is 0.327 e. The van der Waals surface area contributed by atoms with Gasteiger partial charge in [0, 0.05) is 24.4 Å². The van der Waals surface area contributed by atoms with Crippen LogP contribution in [-0.2, 0) is 0 Å². The first-order valence-corrected chi connectivity index (χ1v) is 5.57. The lowest BCUT2D eigenvalue weighted by Crippen LogP contribution is -2.25. The van der Waals surface area contributed by atoms with E-state index in [9.17, 15) is 0 Å². The molecule has 0 bridgehead atoms. The highest BCUT2D eigenvalue weighted by Crippen LogP contribution is 2.23. The van der Waals surface area contributed by atoms with Gasteiger partial charge in [-0.25, -0.2) is 0 Å². The van der Waals surface area contributed by atoms with Crippen molar-refractivity contribution in [2.75, 3.05) is 0 Å². The summed E-state index contributed by atoms with van der Waals surface area (Å²) in [4.78, 5) is 4.41. The van der Waals surface area contributed by atoms with Crippen LogP contribution in [0.3, 0.4) is 0 Å². The molecule has 0 amide bonds. The van der Waals surface area contributed by atoms with Crippen molar-refractivity contribution in [3.8, 4) is 0 Å². The molecule has 2 heterocycles. The van der Waals surface area contributed by atoms with Gasteiger partial charge in [-0.1, -0.05) is 6.92 Å². The number of nitrogens with two attached hydrogens (primary N) is 1. The average Bonchev–Trinajstić information content (AvgIpc) is 2.62. The van der Waals surface area contributed by atoms with Crippen LogP contribution in [0.15, 0.2) is 12.4 Å². The van der Waals surface area contributed by atoms with E-state index in [1.807, 2.05) is 24.4 Å². The van der Waals surface area contributed by atoms with E-state index in [4.69, 9.17) is 5.73 Å². The minimum Gasteiger partial charge on any atom is -0.327 e. The summed E-state index contributed by atoms with van der Waals surface area (Å²) in [6.07, 6.45) is 4.61. The Balaban J connectivity index is 2.59. The Bertz CT molecular complexity index is 488. The number of rotatable bonds is 3. The van der Waals surface area contributed by atoms with Gasteiger partial charge in [-0.2, -0.15) is 0 Å². The van der Waals surface area contributed by atoms with Gasteiger partial charge in [-0.15, -0.1) is 10.2 Å². The fraction of sp³-hybridized carbons (Fsp3) is 0.545. The van der Waals surface area contributed by atoms with Gasteiger partial charge in [0.15, 0.2) is 5.65 Å². The molecule has 2 unspecified atom stereocenters. The van der Waals surface area contributed by atoms with Crippen LogP contribution in [0.5, 0.6) is 0 Å². The molecular formula is C11H17N5. The van der Waals surface area contributed by atoms with Crippen molar-refractivity contribution in [1.29, 1.82) is 0 Å². The van der Waals surface area contributed by atoms with E-state index in [0.717, 1.165) is 23.6 Å². The summed E-state index contributed by atoms with van der Waals surface area (Å²) < 4.78 is 1.95. The zero-order valence-electron chi connectivity index (χ0n) is 9.88. The molecule has 0 fully saturated rings. The van der Waals surface area contributed by atoms with E-state index in [-0.39, 0.29) is 12.0 Å². The van der Waals surface area contributed by atoms with E-state index in [2.05, 4.69) is 22.1 Å². The first-order chi connectivity index (χ1) is 7.65. The van der Waals surface area contributed by atoms with E-state index >= 15 is 0 Å². The maximum atomic E-state index is 5.98. The summed E-state index contributed by atoms with van der Waals surface area (Å²) in [5, 5.41) is 8.23. The lowest BCUT2D eigenvalue weighted by atomic mass is 9.95. The normalized spacial score (nSPS) is 15.2. The minimum atomic E-state index is 0.0701. The van der Waals surface area contributed by atoms with Gasteiger partial charge in [0.25, 0.3) is 0 Å². The van der Waals surface area contributed by atoms with Crippen LogP contribution in [0.2, 0.25) is 0 Å². The molecular weight excluding hydrogens is 202 g/mol. The Hall–Kier alpha value is -1.49. The van der Waals surface area contributed by atoms with Crippen molar-refractivity contribution in [2.45, 2.75) is 39.2 Å². The number of hydrogen-bond donors (Lipinski definition) is 1. The van der Waals surface area contributed by atoms with Gasteiger partial charge in [-0.3, -0.25) is 9.38 Å². The average molecular weight is 219 g/mol. The number of aromatic nitrogens is 4. The summed E-state index contributed by atoms with van der Waals surface area (Å²) in [6, 6.07) is 0.0701. The second-order valence-electron chi connectivity index (χ2n) is 4.13. The smallest absolute Gasteiger partial charge is 0.182 e. The van der Waals surface area contributed by atoms with Crippen molar-refractivity contribution >= 4 is 5.65 Å². The van der Waals surface area contributed by atoms with E-state index < -0.39 is 0 Å². The molecule has 2 N–H and O–H groups in total. The molecule has 2 aromatic rings. The summed E-state index contributed by atoms with van der Waals surface area (Å²) >= 11 is 0. The van der Waals surface area contributed by atoms with Crippen molar-refractivity contribution < 1.29 is 0 Å². The molecule has 16 heavy (non-hydrogen) atoms. The summed E-state index contributed by atoms with van der Waals surface area (Å²) in [5.74, 6) is 1.10. The second kappa shape index (κ2) is 4.17. The van der Waals surface area contributed by atoms with Crippen LogP contribution in [0.1, 0.15) is 37.7 Å². The molecule has 2 rings (SSSR count). The molecule has 0 spiro atoms. The number of nitrogens with zero attached hydrogens (tertiary/aromatic N) is 4. The molecule has 0 aliphatic heterocycles. The third kappa shape index (κ3) is 1.67. The molecule has 0 aliphatic rings. The molecule has 0 aromatic carbocycles. The van der Waals surface area contributed by atoms with Gasteiger partial charge in [0.1, 0.15) is 5.82 Å². The van der Waals surface area contributed by atoms with Gasteiger partial charge in [-0.05, 0) is 20.3 Å². The molecule has 2 atom stereocenters. The Morgan fingerprint density at radius 3 is 2.81 bits per heavy atom. The maximum absolute atomic E-state index is 5.98. The topological polar surface area (TPSA) is 69.1 Å². The van der Waals surface area contributed by atoms with Crippen molar-refractivity contribution in [3.05, 3.63) is 23.9 Å². The fourth-order valence-electron chi connectivity index (χ4n) is 2.04. The zero-order chi connectivity index (χ0) is 11.7. The lowest BCUT2D eigenvalue weighted by molar-refractivity contribution is 0.541. The molecule has 0 saturated heterocycles. The zero-order valence-corrected chi connectivity index (χ0v) is 9.88. The Morgan fingerprint density at radius 2 is 2.19 bits per heavy atom. The van der Waals surface area contributed by atoms with Crippen LogP contribution in [0, 0.1) is 6.92 Å². The fourth-order valence-corrected chi connectivity index (χ4v) is 2.04. The summed E-state index contributed by atoms with van der Waals surface area (Å²) in [5.41, 5.74) is 7.75. The number of hydrogen-bond acceptors (Lipinski definition) is 4. The van der Waals surface area contributed by atoms with Gasteiger partial charge in [0.05, 0.1) is 5.69 Å². The van der Waals surface area contributed by atoms with Gasteiger partial charge in [0.2, 0.25) is 0 Å². The Morgan fingerprint density at radius 1 is 1.44 bits per heavy atom. The summed E-state index contributed by atoms with van der Waals surface area (Å²) in [7, 11) is 0. The Labute approximate surface area is 94.7 Å². The standard InChI is InChI=1S/C11H17N5/c1-4-9(7(2)12)10-11-15-14-8(3)16(11)6-5-13-10/h5-7,9H,4,12H2,1-3H3. The van der Waals surface area contributed by atoms with Crippen molar-refractivity contribution in [3.63, 3.8) is 0 Å². The highest BCUT2D eigenvalue weighted by atomic mass is 15.2. The van der Waals surface area contributed by atoms with Crippen LogP contribution in [-0.4, -0.2) is 25.6 Å². The van der Waals surface area contributed by atoms with E-state index in [1.54, 1.807) is 6.20 Å². The van der Waals surface area contributed by atoms with Crippen LogP contribution in [0.25, 0.3) is 5.65 Å². The predicted octanol–water partition coefficient (Wildman–Crippen LogP) is 1.27. The maximum Gasteiger partial charge on any atom is 0.182 e. The first kappa shape index (κ1) is 11.0. The lowest BCUT2D eigenvalue weighted by Gasteiger charge is -2.18.